The van der Waals surface area contributed by atoms with Crippen LogP contribution in [0.3, 0.4) is 0 Å². The molecule has 2 N–H and O–H groups in total. The summed E-state index contributed by atoms with van der Waals surface area (Å²) in [6.07, 6.45) is 5.00. The molecule has 29 heavy (non-hydrogen) atoms. The first kappa shape index (κ1) is 19.5. The lowest BCUT2D eigenvalue weighted by atomic mass is 10.1. The van der Waals surface area contributed by atoms with Crippen LogP contribution in [-0.4, -0.2) is 31.7 Å². The molecular weight excluding hydrogens is 368 g/mol. The molecule has 1 aromatic carbocycles. The molecule has 0 radical (unpaired) electrons. The molecule has 9 nitrogen and oxygen atoms in total. The molecule has 0 bridgehead atoms. The maximum Gasteiger partial charge on any atom is 0.252 e. The Bertz CT molecular complexity index is 1100. The van der Waals surface area contributed by atoms with E-state index in [9.17, 15) is 4.79 Å². The number of nitrogens with one attached hydrogen (secondary N) is 2. The quantitative estimate of drug-likeness (QED) is 0.665. The first-order valence-electron chi connectivity index (χ1n) is 8.81. The van der Waals surface area contributed by atoms with Crippen LogP contribution in [0.25, 0.3) is 11.3 Å². The van der Waals surface area contributed by atoms with Crippen molar-refractivity contribution >= 4 is 17.5 Å². The van der Waals surface area contributed by atoms with Crippen molar-refractivity contribution in [2.75, 3.05) is 5.32 Å². The summed E-state index contributed by atoms with van der Waals surface area (Å²) in [7, 11) is 0. The van der Waals surface area contributed by atoms with Crippen LogP contribution in [0.15, 0.2) is 42.9 Å². The van der Waals surface area contributed by atoms with Crippen molar-refractivity contribution in [3.63, 3.8) is 0 Å². The number of anilines is 2. The lowest BCUT2D eigenvalue weighted by Crippen LogP contribution is -2.31. The first-order valence-corrected chi connectivity index (χ1v) is 8.81. The Kier molecular flexibility index (Phi) is 5.81. The molecule has 0 spiro atoms. The van der Waals surface area contributed by atoms with E-state index in [1.54, 1.807) is 49.8 Å². The Hall–Kier alpha value is -4.24. The number of nitrogens with zero attached hydrogens (tertiary/aromatic N) is 6. The van der Waals surface area contributed by atoms with Crippen LogP contribution in [0.4, 0.5) is 11.6 Å². The van der Waals surface area contributed by atoms with E-state index in [1.807, 2.05) is 19.1 Å². The number of carbonyl (C=O) groups is 1. The van der Waals surface area contributed by atoms with Gasteiger partial charge in [-0.1, -0.05) is 12.1 Å². The van der Waals surface area contributed by atoms with Gasteiger partial charge in [0.1, 0.15) is 12.6 Å². The Labute approximate surface area is 167 Å². The molecule has 0 saturated heterocycles. The summed E-state index contributed by atoms with van der Waals surface area (Å²) >= 11 is 0. The molecule has 2 heterocycles. The van der Waals surface area contributed by atoms with Crippen LogP contribution in [-0.2, 0) is 6.54 Å². The number of hydrogen-bond donors (Lipinski definition) is 2. The average molecular weight is 386 g/mol. The van der Waals surface area contributed by atoms with Crippen molar-refractivity contribution in [3.05, 3.63) is 54.0 Å². The van der Waals surface area contributed by atoms with Gasteiger partial charge in [0.05, 0.1) is 29.7 Å². The lowest BCUT2D eigenvalue weighted by molar-refractivity contribution is 0.0948. The molecule has 0 aliphatic carbocycles. The number of nitriles is 2. The molecule has 1 atom stereocenters. The Morgan fingerprint density at radius 1 is 1.24 bits per heavy atom. The second-order valence-electron chi connectivity index (χ2n) is 6.34. The predicted molar refractivity (Wildman–Crippen MR) is 106 cm³/mol. The molecule has 0 saturated carbocycles. The number of amides is 1. The van der Waals surface area contributed by atoms with Gasteiger partial charge in [-0.2, -0.15) is 15.6 Å². The first-order chi connectivity index (χ1) is 14.0. The van der Waals surface area contributed by atoms with Crippen LogP contribution in [0.2, 0.25) is 0 Å². The maximum atomic E-state index is 12.1. The van der Waals surface area contributed by atoms with E-state index in [-0.39, 0.29) is 12.5 Å². The van der Waals surface area contributed by atoms with Gasteiger partial charge >= 0.3 is 0 Å². The van der Waals surface area contributed by atoms with Crippen LogP contribution >= 0.6 is 0 Å². The minimum atomic E-state index is -0.558. The normalized spacial score (nSPS) is 11.2. The third kappa shape index (κ3) is 4.73. The van der Waals surface area contributed by atoms with E-state index < -0.39 is 6.04 Å². The number of hydrogen-bond acceptors (Lipinski definition) is 7. The fourth-order valence-corrected chi connectivity index (χ4v) is 2.60. The number of aromatic nitrogens is 4. The summed E-state index contributed by atoms with van der Waals surface area (Å²) in [5.41, 5.74) is 3.58. The van der Waals surface area contributed by atoms with Gasteiger partial charge in [-0.3, -0.25) is 9.48 Å². The zero-order valence-corrected chi connectivity index (χ0v) is 15.9. The van der Waals surface area contributed by atoms with Crippen LogP contribution in [0, 0.1) is 29.6 Å². The van der Waals surface area contributed by atoms with Gasteiger partial charge in [-0.15, -0.1) is 0 Å². The Morgan fingerprint density at radius 2 is 2.00 bits per heavy atom. The summed E-state index contributed by atoms with van der Waals surface area (Å²) in [6, 6.07) is 10.4. The molecule has 0 fully saturated rings. The van der Waals surface area contributed by atoms with Crippen molar-refractivity contribution in [1.82, 2.24) is 25.1 Å². The van der Waals surface area contributed by atoms with Gasteiger partial charge in [-0.25, -0.2) is 9.97 Å². The number of benzene rings is 1. The second-order valence-corrected chi connectivity index (χ2v) is 6.34. The second kappa shape index (κ2) is 8.63. The van der Waals surface area contributed by atoms with E-state index in [1.165, 1.54) is 4.68 Å². The third-order valence-electron chi connectivity index (χ3n) is 4.06. The molecule has 9 heteroatoms. The summed E-state index contributed by atoms with van der Waals surface area (Å²) in [5, 5.41) is 27.3. The largest absolute Gasteiger partial charge is 0.337 e. The summed E-state index contributed by atoms with van der Waals surface area (Å²) in [5.74, 6) is 0.0912. The summed E-state index contributed by atoms with van der Waals surface area (Å²) in [4.78, 5) is 21.0. The van der Waals surface area contributed by atoms with Gasteiger partial charge in [0.25, 0.3) is 5.91 Å². The monoisotopic (exact) mass is 386 g/mol. The fourth-order valence-electron chi connectivity index (χ4n) is 2.60. The van der Waals surface area contributed by atoms with Crippen molar-refractivity contribution in [2.45, 2.75) is 26.4 Å². The van der Waals surface area contributed by atoms with E-state index in [2.05, 4.69) is 25.7 Å². The molecule has 0 unspecified atom stereocenters. The van der Waals surface area contributed by atoms with Crippen molar-refractivity contribution < 1.29 is 4.79 Å². The van der Waals surface area contributed by atoms with E-state index in [4.69, 9.17) is 10.5 Å². The van der Waals surface area contributed by atoms with E-state index in [0.29, 0.717) is 17.2 Å². The third-order valence-corrected chi connectivity index (χ3v) is 4.06. The van der Waals surface area contributed by atoms with Gasteiger partial charge in [-0.05, 0) is 31.5 Å². The average Bonchev–Trinajstić information content (AvgIpc) is 3.16. The molecule has 0 aliphatic heterocycles. The van der Waals surface area contributed by atoms with E-state index in [0.717, 1.165) is 16.8 Å². The highest BCUT2D eigenvalue weighted by Gasteiger charge is 2.11. The highest BCUT2D eigenvalue weighted by atomic mass is 16.1. The lowest BCUT2D eigenvalue weighted by Gasteiger charge is -2.10. The van der Waals surface area contributed by atoms with Crippen LogP contribution in [0.1, 0.15) is 22.8 Å². The zero-order valence-electron chi connectivity index (χ0n) is 15.9. The van der Waals surface area contributed by atoms with E-state index >= 15 is 0 Å². The molecule has 2 aromatic heterocycles. The molecular formula is C20H18N8O. The molecule has 3 aromatic rings. The molecule has 1 amide bonds. The topological polar surface area (TPSA) is 132 Å². The SMILES string of the molecule is Cc1cnc(Nc2cnn(CC#N)c2)nc1-c1ccc(C(=O)N[C@@H](C)C#N)cc1. The standard InChI is InChI=1S/C20H18N8O/c1-13-10-23-20(26-17-11-24-28(12-17)8-7-21)27-18(13)15-3-5-16(6-4-15)19(29)25-14(2)9-22/h3-6,10-12,14H,8H2,1-2H3,(H,25,29)(H,23,26,27)/t14-/m0/s1. The molecule has 3 rings (SSSR count). The minimum Gasteiger partial charge on any atom is -0.337 e. The fraction of sp³-hybridized carbons (Fsp3) is 0.200. The summed E-state index contributed by atoms with van der Waals surface area (Å²) in [6.45, 7) is 3.68. The van der Waals surface area contributed by atoms with Gasteiger partial charge < -0.3 is 10.6 Å². The molecule has 0 aliphatic rings. The smallest absolute Gasteiger partial charge is 0.252 e. The Balaban J connectivity index is 1.79. The van der Waals surface area contributed by atoms with Gasteiger partial charge in [0, 0.05) is 23.5 Å². The predicted octanol–water partition coefficient (Wildman–Crippen LogP) is 2.56. The highest BCUT2D eigenvalue weighted by Crippen LogP contribution is 2.23. The number of aryl methyl sites for hydroxylation is 1. The van der Waals surface area contributed by atoms with Crippen molar-refractivity contribution in [1.29, 1.82) is 10.5 Å². The maximum absolute atomic E-state index is 12.1. The number of carbonyl (C=O) groups excluding carboxylic acids is 1. The van der Waals surface area contributed by atoms with Crippen molar-refractivity contribution in [3.8, 4) is 23.4 Å². The zero-order chi connectivity index (χ0) is 20.8. The number of rotatable bonds is 6. The van der Waals surface area contributed by atoms with Crippen molar-refractivity contribution in [2.24, 2.45) is 0 Å². The van der Waals surface area contributed by atoms with Crippen LogP contribution in [0.5, 0.6) is 0 Å². The summed E-state index contributed by atoms with van der Waals surface area (Å²) < 4.78 is 1.51. The van der Waals surface area contributed by atoms with Gasteiger partial charge in [0.15, 0.2) is 0 Å². The highest BCUT2D eigenvalue weighted by molar-refractivity contribution is 5.95. The Morgan fingerprint density at radius 3 is 2.69 bits per heavy atom. The molecule has 144 valence electrons. The minimum absolute atomic E-state index is 0.161. The van der Waals surface area contributed by atoms with Crippen LogP contribution < -0.4 is 10.6 Å². The van der Waals surface area contributed by atoms with Gasteiger partial charge in [0.2, 0.25) is 5.95 Å².